The molecule has 0 bridgehead atoms. The monoisotopic (exact) mass is 341 g/mol. The third kappa shape index (κ3) is 3.09. The molecule has 1 aliphatic carbocycles. The highest BCUT2D eigenvalue weighted by Gasteiger charge is 2.40. The highest BCUT2D eigenvalue weighted by molar-refractivity contribution is 9.10. The van der Waals surface area contributed by atoms with Crippen LogP contribution in [0.2, 0.25) is 0 Å². The van der Waals surface area contributed by atoms with Gasteiger partial charge in [-0.2, -0.15) is 0 Å². The summed E-state index contributed by atoms with van der Waals surface area (Å²) in [7, 11) is 2.03. The van der Waals surface area contributed by atoms with E-state index in [4.69, 9.17) is 0 Å². The lowest BCUT2D eigenvalue weighted by molar-refractivity contribution is 0.149. The maximum Gasteiger partial charge on any atom is 0.127 e. The van der Waals surface area contributed by atoms with Crippen molar-refractivity contribution in [3.05, 3.63) is 34.1 Å². The predicted octanol–water partition coefficient (Wildman–Crippen LogP) is 4.89. The predicted molar refractivity (Wildman–Crippen MR) is 86.5 cm³/mol. The van der Waals surface area contributed by atoms with Crippen molar-refractivity contribution in [1.82, 2.24) is 5.32 Å². The zero-order chi connectivity index (χ0) is 14.9. The van der Waals surface area contributed by atoms with E-state index in [0.717, 1.165) is 22.4 Å². The first-order valence-electron chi connectivity index (χ1n) is 7.49. The van der Waals surface area contributed by atoms with Crippen molar-refractivity contribution in [3.8, 4) is 0 Å². The fourth-order valence-corrected chi connectivity index (χ4v) is 4.12. The van der Waals surface area contributed by atoms with Gasteiger partial charge in [0.15, 0.2) is 0 Å². The Morgan fingerprint density at radius 3 is 2.65 bits per heavy atom. The number of nitrogens with one attached hydrogen (secondary N) is 1. The van der Waals surface area contributed by atoms with Crippen molar-refractivity contribution in [3.63, 3.8) is 0 Å². The van der Waals surface area contributed by atoms with Gasteiger partial charge < -0.3 is 5.32 Å². The van der Waals surface area contributed by atoms with Crippen molar-refractivity contribution >= 4 is 15.9 Å². The molecule has 1 fully saturated rings. The van der Waals surface area contributed by atoms with Gasteiger partial charge in [-0.15, -0.1) is 0 Å². The Morgan fingerprint density at radius 2 is 2.00 bits per heavy atom. The van der Waals surface area contributed by atoms with Gasteiger partial charge in [-0.25, -0.2) is 4.39 Å². The number of halogens is 2. The van der Waals surface area contributed by atoms with Gasteiger partial charge in [0.25, 0.3) is 0 Å². The molecule has 2 rings (SSSR count). The highest BCUT2D eigenvalue weighted by Crippen LogP contribution is 2.43. The molecule has 1 nitrogen and oxygen atoms in total. The molecule has 3 heteroatoms. The van der Waals surface area contributed by atoms with Crippen LogP contribution >= 0.6 is 15.9 Å². The standard InChI is InChI=1S/C17H25BrFN/c1-11-5-7-13(16(9-11)20-4)17(2,3)14-10-12(18)6-8-15(14)19/h6,8,10-11,13,16,20H,5,7,9H2,1-4H3. The van der Waals surface area contributed by atoms with E-state index in [9.17, 15) is 4.39 Å². The van der Waals surface area contributed by atoms with Crippen molar-refractivity contribution < 1.29 is 4.39 Å². The number of benzene rings is 1. The van der Waals surface area contributed by atoms with E-state index in [-0.39, 0.29) is 11.2 Å². The van der Waals surface area contributed by atoms with Gasteiger partial charge in [-0.1, -0.05) is 43.1 Å². The second-order valence-electron chi connectivity index (χ2n) is 6.77. The van der Waals surface area contributed by atoms with Gasteiger partial charge in [0.05, 0.1) is 0 Å². The van der Waals surface area contributed by atoms with E-state index < -0.39 is 0 Å². The molecule has 1 aliphatic rings. The summed E-state index contributed by atoms with van der Waals surface area (Å²) in [5.74, 6) is 1.13. The molecule has 0 spiro atoms. The Balaban J connectivity index is 2.35. The minimum Gasteiger partial charge on any atom is -0.317 e. The number of rotatable bonds is 3. The first-order chi connectivity index (χ1) is 9.36. The van der Waals surface area contributed by atoms with Gasteiger partial charge in [-0.05, 0) is 60.9 Å². The lowest BCUT2D eigenvalue weighted by atomic mass is 9.63. The van der Waals surface area contributed by atoms with E-state index in [1.165, 1.54) is 12.8 Å². The normalized spacial score (nSPS) is 27.6. The molecular weight excluding hydrogens is 317 g/mol. The number of hydrogen-bond acceptors (Lipinski definition) is 1. The molecule has 0 aromatic heterocycles. The largest absolute Gasteiger partial charge is 0.317 e. The molecule has 0 radical (unpaired) electrons. The van der Waals surface area contributed by atoms with Crippen molar-refractivity contribution in [2.75, 3.05) is 7.05 Å². The second-order valence-corrected chi connectivity index (χ2v) is 7.68. The van der Waals surface area contributed by atoms with E-state index in [1.54, 1.807) is 12.1 Å². The van der Waals surface area contributed by atoms with Crippen LogP contribution in [0, 0.1) is 17.7 Å². The Bertz CT molecular complexity index is 472. The molecule has 0 amide bonds. The Labute approximate surface area is 130 Å². The summed E-state index contributed by atoms with van der Waals surface area (Å²) in [6.07, 6.45) is 3.58. The molecule has 1 aromatic rings. The highest BCUT2D eigenvalue weighted by atomic mass is 79.9. The van der Waals surface area contributed by atoms with Crippen molar-refractivity contribution in [2.24, 2.45) is 11.8 Å². The van der Waals surface area contributed by atoms with Crippen LogP contribution in [0.15, 0.2) is 22.7 Å². The van der Waals surface area contributed by atoms with Gasteiger partial charge in [0, 0.05) is 10.5 Å². The van der Waals surface area contributed by atoms with E-state index in [2.05, 4.69) is 42.0 Å². The summed E-state index contributed by atoms with van der Waals surface area (Å²) in [6, 6.07) is 5.75. The summed E-state index contributed by atoms with van der Waals surface area (Å²) in [5, 5.41) is 3.46. The van der Waals surface area contributed by atoms with Crippen LogP contribution in [-0.2, 0) is 5.41 Å². The summed E-state index contributed by atoms with van der Waals surface area (Å²) in [4.78, 5) is 0. The lowest BCUT2D eigenvalue weighted by Gasteiger charge is -2.44. The van der Waals surface area contributed by atoms with Gasteiger partial charge in [-0.3, -0.25) is 0 Å². The Hall–Kier alpha value is -0.410. The molecule has 0 heterocycles. The smallest absolute Gasteiger partial charge is 0.127 e. The second kappa shape index (κ2) is 6.15. The molecule has 1 saturated carbocycles. The van der Waals surface area contributed by atoms with Crippen LogP contribution < -0.4 is 5.32 Å². The van der Waals surface area contributed by atoms with Gasteiger partial charge in [0.1, 0.15) is 5.82 Å². The number of hydrogen-bond donors (Lipinski definition) is 1. The van der Waals surface area contributed by atoms with Crippen LogP contribution in [0.4, 0.5) is 4.39 Å². The average Bonchev–Trinajstić information content (AvgIpc) is 2.40. The fourth-order valence-electron chi connectivity index (χ4n) is 3.75. The summed E-state index contributed by atoms with van der Waals surface area (Å²) in [6.45, 7) is 6.68. The molecule has 0 aliphatic heterocycles. The van der Waals surface area contributed by atoms with E-state index in [0.29, 0.717) is 12.0 Å². The fraction of sp³-hybridized carbons (Fsp3) is 0.647. The van der Waals surface area contributed by atoms with Crippen LogP contribution in [0.3, 0.4) is 0 Å². The zero-order valence-electron chi connectivity index (χ0n) is 12.8. The minimum absolute atomic E-state index is 0.0910. The molecule has 3 atom stereocenters. The van der Waals surface area contributed by atoms with E-state index in [1.807, 2.05) is 13.1 Å². The molecule has 20 heavy (non-hydrogen) atoms. The van der Waals surface area contributed by atoms with Crippen LogP contribution in [-0.4, -0.2) is 13.1 Å². The molecule has 1 aromatic carbocycles. The lowest BCUT2D eigenvalue weighted by Crippen LogP contribution is -2.47. The summed E-state index contributed by atoms with van der Waals surface area (Å²) >= 11 is 3.47. The third-order valence-corrected chi connectivity index (χ3v) is 5.53. The quantitative estimate of drug-likeness (QED) is 0.825. The SMILES string of the molecule is CNC1CC(C)CCC1C(C)(C)c1cc(Br)ccc1F. The first-order valence-corrected chi connectivity index (χ1v) is 8.28. The zero-order valence-corrected chi connectivity index (χ0v) is 14.4. The average molecular weight is 342 g/mol. The maximum absolute atomic E-state index is 14.3. The van der Waals surface area contributed by atoms with Crippen LogP contribution in [0.5, 0.6) is 0 Å². The van der Waals surface area contributed by atoms with Crippen molar-refractivity contribution in [1.29, 1.82) is 0 Å². The Morgan fingerprint density at radius 1 is 1.30 bits per heavy atom. The maximum atomic E-state index is 14.3. The topological polar surface area (TPSA) is 12.0 Å². The summed E-state index contributed by atoms with van der Waals surface area (Å²) < 4.78 is 15.2. The van der Waals surface area contributed by atoms with Gasteiger partial charge in [0.2, 0.25) is 0 Å². The van der Waals surface area contributed by atoms with Crippen LogP contribution in [0.25, 0.3) is 0 Å². The molecule has 112 valence electrons. The minimum atomic E-state index is -0.165. The van der Waals surface area contributed by atoms with E-state index >= 15 is 0 Å². The summed E-state index contributed by atoms with van der Waals surface area (Å²) in [5.41, 5.74) is 0.661. The first kappa shape index (κ1) is 16.0. The molecule has 0 saturated heterocycles. The van der Waals surface area contributed by atoms with Crippen molar-refractivity contribution in [2.45, 2.75) is 51.5 Å². The Kier molecular flexibility index (Phi) is 4.91. The third-order valence-electron chi connectivity index (χ3n) is 5.03. The molecule has 3 unspecified atom stereocenters. The molecular formula is C17H25BrFN. The van der Waals surface area contributed by atoms with Crippen LogP contribution in [0.1, 0.15) is 45.6 Å². The van der Waals surface area contributed by atoms with Gasteiger partial charge >= 0.3 is 0 Å². The molecule has 1 N–H and O–H groups in total.